The van der Waals surface area contributed by atoms with Crippen LogP contribution >= 0.6 is 0 Å². The van der Waals surface area contributed by atoms with Crippen LogP contribution in [0, 0.1) is 6.92 Å². The maximum Gasteiger partial charge on any atom is 0.338 e. The van der Waals surface area contributed by atoms with Gasteiger partial charge in [0, 0.05) is 13.1 Å². The SMILES string of the molecule is CCN(CC)S(=O)(=O)c1ccc(C)c(C(=O)OCCN2C(=O)c3ccccc3C2=O)c1. The molecular formula is C22H24N2O6S. The maximum atomic E-state index is 12.7. The molecule has 0 unspecified atom stereocenters. The number of fused-ring (bicyclic) bond motifs is 1. The molecule has 2 aromatic rings. The molecule has 0 aromatic heterocycles. The molecule has 0 fully saturated rings. The lowest BCUT2D eigenvalue weighted by Gasteiger charge is -2.19. The molecule has 1 aliphatic heterocycles. The van der Waals surface area contributed by atoms with Crippen molar-refractivity contribution in [3.05, 3.63) is 64.7 Å². The molecule has 2 aromatic carbocycles. The number of ether oxygens (including phenoxy) is 1. The standard InChI is InChI=1S/C22H24N2O6S/c1-4-23(5-2)31(28,29)16-11-10-15(3)19(14-16)22(27)30-13-12-24-20(25)17-8-6-7-9-18(17)21(24)26/h6-11,14H,4-5,12-13H2,1-3H3. The first-order valence-corrected chi connectivity index (χ1v) is 11.4. The molecule has 3 rings (SSSR count). The van der Waals surface area contributed by atoms with Gasteiger partial charge in [-0.3, -0.25) is 14.5 Å². The Morgan fingerprint density at radius 2 is 1.58 bits per heavy atom. The van der Waals surface area contributed by atoms with Crippen LogP contribution in [0.15, 0.2) is 47.4 Å². The van der Waals surface area contributed by atoms with Crippen LogP contribution < -0.4 is 0 Å². The minimum absolute atomic E-state index is 0.00842. The van der Waals surface area contributed by atoms with Crippen molar-refractivity contribution in [2.45, 2.75) is 25.7 Å². The Labute approximate surface area is 181 Å². The highest BCUT2D eigenvalue weighted by molar-refractivity contribution is 7.89. The minimum Gasteiger partial charge on any atom is -0.460 e. The van der Waals surface area contributed by atoms with Crippen molar-refractivity contribution in [3.8, 4) is 0 Å². The fourth-order valence-corrected chi connectivity index (χ4v) is 4.93. The molecule has 0 N–H and O–H groups in total. The Morgan fingerprint density at radius 3 is 2.13 bits per heavy atom. The zero-order chi connectivity index (χ0) is 22.8. The van der Waals surface area contributed by atoms with Gasteiger partial charge >= 0.3 is 5.97 Å². The third-order valence-corrected chi connectivity index (χ3v) is 7.24. The third kappa shape index (κ3) is 4.24. The molecule has 0 bridgehead atoms. The van der Waals surface area contributed by atoms with Crippen molar-refractivity contribution >= 4 is 27.8 Å². The smallest absolute Gasteiger partial charge is 0.338 e. The van der Waals surface area contributed by atoms with E-state index in [0.29, 0.717) is 29.8 Å². The molecule has 0 saturated carbocycles. The monoisotopic (exact) mass is 444 g/mol. The van der Waals surface area contributed by atoms with Gasteiger partial charge in [-0.15, -0.1) is 0 Å². The van der Waals surface area contributed by atoms with Crippen LogP contribution in [0.5, 0.6) is 0 Å². The number of imide groups is 1. The zero-order valence-corrected chi connectivity index (χ0v) is 18.4. The number of rotatable bonds is 8. The lowest BCUT2D eigenvalue weighted by atomic mass is 10.1. The van der Waals surface area contributed by atoms with Gasteiger partial charge in [-0.05, 0) is 36.8 Å². The Morgan fingerprint density at radius 1 is 1.00 bits per heavy atom. The summed E-state index contributed by atoms with van der Waals surface area (Å²) in [6.07, 6.45) is 0. The molecule has 0 radical (unpaired) electrons. The Hall–Kier alpha value is -3.04. The predicted octanol–water partition coefficient (Wildman–Crippen LogP) is 2.48. The molecule has 1 aliphatic rings. The lowest BCUT2D eigenvalue weighted by Crippen LogP contribution is -2.33. The second-order valence-electron chi connectivity index (χ2n) is 7.01. The third-order valence-electron chi connectivity index (χ3n) is 5.20. The van der Waals surface area contributed by atoms with E-state index in [-0.39, 0.29) is 23.6 Å². The van der Waals surface area contributed by atoms with E-state index < -0.39 is 27.8 Å². The van der Waals surface area contributed by atoms with Crippen molar-refractivity contribution in [3.63, 3.8) is 0 Å². The van der Waals surface area contributed by atoms with Crippen LogP contribution in [-0.4, -0.2) is 61.6 Å². The van der Waals surface area contributed by atoms with Gasteiger partial charge in [0.15, 0.2) is 0 Å². The molecule has 0 atom stereocenters. The average molecular weight is 445 g/mol. The molecule has 0 aliphatic carbocycles. The van der Waals surface area contributed by atoms with E-state index in [2.05, 4.69) is 0 Å². The predicted molar refractivity (Wildman–Crippen MR) is 113 cm³/mol. The van der Waals surface area contributed by atoms with Crippen molar-refractivity contribution in [1.29, 1.82) is 0 Å². The van der Waals surface area contributed by atoms with E-state index in [0.717, 1.165) is 4.90 Å². The van der Waals surface area contributed by atoms with Crippen molar-refractivity contribution < 1.29 is 27.5 Å². The maximum absolute atomic E-state index is 12.7. The van der Waals surface area contributed by atoms with Gasteiger partial charge in [-0.2, -0.15) is 4.31 Å². The van der Waals surface area contributed by atoms with E-state index >= 15 is 0 Å². The molecule has 1 heterocycles. The Balaban J connectivity index is 1.71. The van der Waals surface area contributed by atoms with Crippen LogP contribution in [0.2, 0.25) is 0 Å². The number of aryl methyl sites for hydroxylation is 1. The van der Waals surface area contributed by atoms with Gasteiger partial charge in [0.05, 0.1) is 28.1 Å². The van der Waals surface area contributed by atoms with Gasteiger partial charge in [0.1, 0.15) is 6.61 Å². The number of carbonyl (C=O) groups excluding carboxylic acids is 3. The summed E-state index contributed by atoms with van der Waals surface area (Å²) in [5.41, 5.74) is 1.33. The van der Waals surface area contributed by atoms with Crippen molar-refractivity contribution in [2.24, 2.45) is 0 Å². The number of hydrogen-bond acceptors (Lipinski definition) is 6. The number of benzene rings is 2. The van der Waals surface area contributed by atoms with E-state index in [4.69, 9.17) is 4.74 Å². The Kier molecular flexibility index (Phi) is 6.56. The van der Waals surface area contributed by atoms with E-state index in [9.17, 15) is 22.8 Å². The fourth-order valence-electron chi connectivity index (χ4n) is 3.44. The lowest BCUT2D eigenvalue weighted by molar-refractivity contribution is 0.0419. The summed E-state index contributed by atoms with van der Waals surface area (Å²) in [6.45, 7) is 5.49. The number of nitrogens with zero attached hydrogens (tertiary/aromatic N) is 2. The quantitative estimate of drug-likeness (QED) is 0.458. The summed E-state index contributed by atoms with van der Waals surface area (Å²) >= 11 is 0. The first-order chi connectivity index (χ1) is 14.7. The molecule has 31 heavy (non-hydrogen) atoms. The van der Waals surface area contributed by atoms with E-state index in [1.54, 1.807) is 51.1 Å². The first kappa shape index (κ1) is 22.6. The number of hydrogen-bond donors (Lipinski definition) is 0. The normalized spacial score (nSPS) is 13.6. The van der Waals surface area contributed by atoms with Gasteiger partial charge in [0.2, 0.25) is 10.0 Å². The van der Waals surface area contributed by atoms with Crippen LogP contribution in [0.25, 0.3) is 0 Å². The van der Waals surface area contributed by atoms with Gasteiger partial charge < -0.3 is 4.74 Å². The largest absolute Gasteiger partial charge is 0.460 e. The summed E-state index contributed by atoms with van der Waals surface area (Å²) < 4.78 is 32.0. The summed E-state index contributed by atoms with van der Waals surface area (Å²) in [5, 5.41) is 0. The molecule has 0 spiro atoms. The number of carbonyl (C=O) groups is 3. The van der Waals surface area contributed by atoms with Gasteiger partial charge in [0.25, 0.3) is 11.8 Å². The highest BCUT2D eigenvalue weighted by Crippen LogP contribution is 2.23. The number of esters is 1. The average Bonchev–Trinajstić information content (AvgIpc) is 2.99. The molecule has 2 amide bonds. The highest BCUT2D eigenvalue weighted by Gasteiger charge is 2.35. The van der Waals surface area contributed by atoms with Crippen molar-refractivity contribution in [2.75, 3.05) is 26.2 Å². The number of sulfonamides is 1. The van der Waals surface area contributed by atoms with E-state index in [1.165, 1.54) is 16.4 Å². The summed E-state index contributed by atoms with van der Waals surface area (Å²) in [4.78, 5) is 38.4. The van der Waals surface area contributed by atoms with E-state index in [1.807, 2.05) is 0 Å². The van der Waals surface area contributed by atoms with Crippen LogP contribution in [0.3, 0.4) is 0 Å². The summed E-state index contributed by atoms with van der Waals surface area (Å²) in [6, 6.07) is 10.8. The topological polar surface area (TPSA) is 101 Å². The highest BCUT2D eigenvalue weighted by atomic mass is 32.2. The first-order valence-electron chi connectivity index (χ1n) is 9.95. The molecule has 0 saturated heterocycles. The van der Waals surface area contributed by atoms with Crippen molar-refractivity contribution in [1.82, 2.24) is 9.21 Å². The zero-order valence-electron chi connectivity index (χ0n) is 17.6. The molecular weight excluding hydrogens is 420 g/mol. The molecule has 164 valence electrons. The molecule has 9 heteroatoms. The van der Waals surface area contributed by atoms with Crippen LogP contribution in [-0.2, 0) is 14.8 Å². The Bertz CT molecular complexity index is 1100. The van der Waals surface area contributed by atoms with Gasteiger partial charge in [-0.25, -0.2) is 13.2 Å². The number of amides is 2. The summed E-state index contributed by atoms with van der Waals surface area (Å²) in [5.74, 6) is -1.58. The second-order valence-corrected chi connectivity index (χ2v) is 8.95. The second kappa shape index (κ2) is 8.99. The minimum atomic E-state index is -3.72. The fraction of sp³-hybridized carbons (Fsp3) is 0.318. The molecule has 8 nitrogen and oxygen atoms in total. The van der Waals surface area contributed by atoms with Gasteiger partial charge in [-0.1, -0.05) is 32.0 Å². The summed E-state index contributed by atoms with van der Waals surface area (Å²) in [7, 11) is -3.72. The van der Waals surface area contributed by atoms with Crippen LogP contribution in [0.4, 0.5) is 0 Å². The van der Waals surface area contributed by atoms with Crippen LogP contribution in [0.1, 0.15) is 50.5 Å².